The van der Waals surface area contributed by atoms with E-state index in [0.29, 0.717) is 6.54 Å². The molecule has 2 rings (SSSR count). The average molecular weight is 231 g/mol. The van der Waals surface area contributed by atoms with Gasteiger partial charge in [0.25, 0.3) is 0 Å². The number of halogens is 1. The lowest BCUT2D eigenvalue weighted by Crippen LogP contribution is -2.29. The van der Waals surface area contributed by atoms with E-state index in [2.05, 4.69) is 11.4 Å². The first-order chi connectivity index (χ1) is 6.79. The van der Waals surface area contributed by atoms with E-state index in [0.717, 1.165) is 16.8 Å². The first-order valence-corrected chi connectivity index (χ1v) is 6.17. The van der Waals surface area contributed by atoms with E-state index < -0.39 is 0 Å². The van der Waals surface area contributed by atoms with Gasteiger partial charge in [0.15, 0.2) is 0 Å². The van der Waals surface area contributed by atoms with Gasteiger partial charge in [0.2, 0.25) is 0 Å². The third-order valence-corrected chi connectivity index (χ3v) is 3.87. The summed E-state index contributed by atoms with van der Waals surface area (Å²) < 4.78 is 0.840. The van der Waals surface area contributed by atoms with Crippen molar-refractivity contribution in [2.75, 3.05) is 13.1 Å². The zero-order chi connectivity index (χ0) is 9.97. The van der Waals surface area contributed by atoms with Crippen LogP contribution in [-0.2, 0) is 0 Å². The normalized spacial score (nSPS) is 18.4. The minimum Gasteiger partial charge on any atom is -0.329 e. The van der Waals surface area contributed by atoms with Crippen LogP contribution in [0.25, 0.3) is 0 Å². The first-order valence-electron chi connectivity index (χ1n) is 4.98. The number of rotatable bonds is 5. The molecule has 1 aromatic rings. The van der Waals surface area contributed by atoms with Crippen molar-refractivity contribution in [2.24, 2.45) is 11.7 Å². The maximum Gasteiger partial charge on any atom is 0.0931 e. The van der Waals surface area contributed by atoms with Gasteiger partial charge in [-0.05, 0) is 37.4 Å². The van der Waals surface area contributed by atoms with Gasteiger partial charge in [-0.2, -0.15) is 0 Å². The molecule has 0 spiro atoms. The van der Waals surface area contributed by atoms with Crippen molar-refractivity contribution in [1.29, 1.82) is 0 Å². The van der Waals surface area contributed by atoms with Gasteiger partial charge >= 0.3 is 0 Å². The Kier molecular flexibility index (Phi) is 3.44. The monoisotopic (exact) mass is 230 g/mol. The fourth-order valence-electron chi connectivity index (χ4n) is 1.45. The van der Waals surface area contributed by atoms with Crippen LogP contribution in [0, 0.1) is 5.92 Å². The molecule has 4 heteroatoms. The third kappa shape index (κ3) is 2.70. The molecule has 1 atom stereocenters. The van der Waals surface area contributed by atoms with Crippen LogP contribution in [0.5, 0.6) is 0 Å². The Bertz CT molecular complexity index is 296. The number of nitrogens with two attached hydrogens (primary N) is 1. The van der Waals surface area contributed by atoms with Crippen LogP contribution in [0.15, 0.2) is 12.1 Å². The van der Waals surface area contributed by atoms with E-state index in [1.165, 1.54) is 17.7 Å². The predicted molar refractivity (Wildman–Crippen MR) is 61.9 cm³/mol. The fraction of sp³-hybridized carbons (Fsp3) is 0.600. The molecule has 2 nitrogen and oxygen atoms in total. The van der Waals surface area contributed by atoms with E-state index >= 15 is 0 Å². The molecular formula is C10H15ClN2S. The summed E-state index contributed by atoms with van der Waals surface area (Å²) in [6.45, 7) is 1.74. The van der Waals surface area contributed by atoms with Gasteiger partial charge in [0.05, 0.1) is 10.4 Å². The van der Waals surface area contributed by atoms with E-state index in [4.69, 9.17) is 17.3 Å². The van der Waals surface area contributed by atoms with Crippen molar-refractivity contribution < 1.29 is 0 Å². The highest BCUT2D eigenvalue weighted by atomic mass is 35.5. The van der Waals surface area contributed by atoms with Crippen molar-refractivity contribution in [1.82, 2.24) is 5.32 Å². The van der Waals surface area contributed by atoms with Gasteiger partial charge in [-0.25, -0.2) is 0 Å². The molecule has 0 saturated heterocycles. The molecule has 0 radical (unpaired) electrons. The fourth-order valence-corrected chi connectivity index (χ4v) is 2.60. The van der Waals surface area contributed by atoms with Crippen LogP contribution in [-0.4, -0.2) is 13.1 Å². The SMILES string of the molecule is NCC(NCC1CC1)c1ccc(Cl)s1. The highest BCUT2D eigenvalue weighted by Gasteiger charge is 2.22. The van der Waals surface area contributed by atoms with Gasteiger partial charge < -0.3 is 11.1 Å². The molecule has 78 valence electrons. The number of nitrogens with one attached hydrogen (secondary N) is 1. The lowest BCUT2D eigenvalue weighted by molar-refractivity contribution is 0.529. The number of hydrogen-bond acceptors (Lipinski definition) is 3. The molecule has 1 fully saturated rings. The molecule has 1 aromatic heterocycles. The van der Waals surface area contributed by atoms with Crippen molar-refractivity contribution in [3.8, 4) is 0 Å². The number of thiophene rings is 1. The summed E-state index contributed by atoms with van der Waals surface area (Å²) in [5.41, 5.74) is 5.72. The van der Waals surface area contributed by atoms with Gasteiger partial charge in [-0.1, -0.05) is 11.6 Å². The molecule has 1 aliphatic carbocycles. The highest BCUT2D eigenvalue weighted by molar-refractivity contribution is 7.16. The van der Waals surface area contributed by atoms with Gasteiger partial charge in [0, 0.05) is 11.4 Å². The second-order valence-electron chi connectivity index (χ2n) is 3.78. The maximum atomic E-state index is 5.89. The van der Waals surface area contributed by atoms with Crippen molar-refractivity contribution >= 4 is 22.9 Å². The second-order valence-corrected chi connectivity index (χ2v) is 5.53. The molecule has 0 aromatic carbocycles. The summed E-state index contributed by atoms with van der Waals surface area (Å²) in [4.78, 5) is 1.25. The average Bonchev–Trinajstić information content (AvgIpc) is 2.90. The van der Waals surface area contributed by atoms with Gasteiger partial charge in [-0.15, -0.1) is 11.3 Å². The van der Waals surface area contributed by atoms with Crippen LogP contribution in [0.1, 0.15) is 23.8 Å². The Hall–Kier alpha value is -0.0900. The predicted octanol–water partition coefficient (Wildman–Crippen LogP) is 2.40. The third-order valence-electron chi connectivity index (χ3n) is 2.52. The summed E-state index contributed by atoms with van der Waals surface area (Å²) in [5.74, 6) is 0.888. The van der Waals surface area contributed by atoms with E-state index in [1.807, 2.05) is 6.07 Å². The quantitative estimate of drug-likeness (QED) is 0.815. The topological polar surface area (TPSA) is 38.0 Å². The summed E-state index contributed by atoms with van der Waals surface area (Å²) in [5, 5.41) is 3.49. The van der Waals surface area contributed by atoms with Crippen LogP contribution in [0.4, 0.5) is 0 Å². The molecule has 1 heterocycles. The van der Waals surface area contributed by atoms with Crippen LogP contribution >= 0.6 is 22.9 Å². The van der Waals surface area contributed by atoms with Crippen LogP contribution in [0.3, 0.4) is 0 Å². The Morgan fingerprint density at radius 3 is 2.86 bits per heavy atom. The lowest BCUT2D eigenvalue weighted by atomic mass is 10.2. The summed E-state index contributed by atoms with van der Waals surface area (Å²) in [7, 11) is 0. The Morgan fingerprint density at radius 2 is 2.36 bits per heavy atom. The van der Waals surface area contributed by atoms with E-state index in [1.54, 1.807) is 11.3 Å². The summed E-state index contributed by atoms with van der Waals surface area (Å²) in [6, 6.07) is 4.28. The minimum absolute atomic E-state index is 0.285. The Morgan fingerprint density at radius 1 is 1.57 bits per heavy atom. The molecule has 14 heavy (non-hydrogen) atoms. The van der Waals surface area contributed by atoms with Gasteiger partial charge in [-0.3, -0.25) is 0 Å². The Balaban J connectivity index is 1.90. The van der Waals surface area contributed by atoms with Crippen molar-refractivity contribution in [2.45, 2.75) is 18.9 Å². The summed E-state index contributed by atoms with van der Waals surface area (Å²) in [6.07, 6.45) is 2.74. The van der Waals surface area contributed by atoms with E-state index in [-0.39, 0.29) is 6.04 Å². The molecular weight excluding hydrogens is 216 g/mol. The molecule has 0 aliphatic heterocycles. The molecule has 1 unspecified atom stereocenters. The van der Waals surface area contributed by atoms with Gasteiger partial charge in [0.1, 0.15) is 0 Å². The Labute approximate surface area is 93.4 Å². The number of hydrogen-bond donors (Lipinski definition) is 2. The first kappa shape index (κ1) is 10.4. The standard InChI is InChI=1S/C10H15ClN2S/c11-10-4-3-9(14-10)8(5-12)13-6-7-1-2-7/h3-4,7-8,13H,1-2,5-6,12H2. The molecule has 1 saturated carbocycles. The minimum atomic E-state index is 0.285. The van der Waals surface area contributed by atoms with E-state index in [9.17, 15) is 0 Å². The molecule has 3 N–H and O–H groups in total. The maximum absolute atomic E-state index is 5.89. The molecule has 0 bridgehead atoms. The zero-order valence-electron chi connectivity index (χ0n) is 8.00. The van der Waals surface area contributed by atoms with Crippen molar-refractivity contribution in [3.05, 3.63) is 21.3 Å². The second kappa shape index (κ2) is 4.62. The van der Waals surface area contributed by atoms with Crippen LogP contribution in [0.2, 0.25) is 4.34 Å². The van der Waals surface area contributed by atoms with Crippen molar-refractivity contribution in [3.63, 3.8) is 0 Å². The molecule has 0 amide bonds. The van der Waals surface area contributed by atoms with Crippen LogP contribution < -0.4 is 11.1 Å². The largest absolute Gasteiger partial charge is 0.329 e. The smallest absolute Gasteiger partial charge is 0.0931 e. The zero-order valence-corrected chi connectivity index (χ0v) is 9.57. The lowest BCUT2D eigenvalue weighted by Gasteiger charge is -2.14. The highest BCUT2D eigenvalue weighted by Crippen LogP contribution is 2.30. The summed E-state index contributed by atoms with van der Waals surface area (Å²) >= 11 is 7.50. The molecule has 1 aliphatic rings.